The van der Waals surface area contributed by atoms with Crippen LogP contribution in [0, 0.1) is 0 Å². The van der Waals surface area contributed by atoms with Gasteiger partial charge in [-0.2, -0.15) is 13.2 Å². The number of rotatable bonds is 5. The molecule has 21 heavy (non-hydrogen) atoms. The molecule has 0 aromatic heterocycles. The molecule has 1 rings (SSSR count). The molecular weight excluding hydrogens is 291 g/mol. The van der Waals surface area contributed by atoms with E-state index in [-0.39, 0.29) is 6.42 Å². The molecule has 0 unspecified atom stereocenters. The number of ether oxygens (including phenoxy) is 1. The molecule has 1 amide bonds. The Morgan fingerprint density at radius 3 is 2.29 bits per heavy atom. The zero-order valence-corrected chi connectivity index (χ0v) is 11.1. The van der Waals surface area contributed by atoms with Crippen molar-refractivity contribution in [3.63, 3.8) is 0 Å². The molecule has 8 heteroatoms. The van der Waals surface area contributed by atoms with Crippen LogP contribution in [0.2, 0.25) is 0 Å². The van der Waals surface area contributed by atoms with Crippen LogP contribution in [-0.4, -0.2) is 36.7 Å². The zero-order chi connectivity index (χ0) is 16.0. The number of aliphatic hydroxyl groups excluding tert-OH is 1. The number of nitrogens with one attached hydrogen (secondary N) is 1. The maximum absolute atomic E-state index is 12.4. The third-order valence-electron chi connectivity index (χ3n) is 2.69. The van der Waals surface area contributed by atoms with Gasteiger partial charge in [0.05, 0.1) is 12.7 Å². The monoisotopic (exact) mass is 305 g/mol. The molecule has 116 valence electrons. The van der Waals surface area contributed by atoms with Crippen LogP contribution in [0.3, 0.4) is 0 Å². The summed E-state index contributed by atoms with van der Waals surface area (Å²) >= 11 is 0. The predicted octanol–water partition coefficient (Wildman–Crippen LogP) is 0.898. The van der Waals surface area contributed by atoms with E-state index in [1.54, 1.807) is 0 Å². The SMILES string of the molecule is COC(=O)[C@H](Cc1ccc(C(F)(F)F)cc1)NC(=O)CO. The van der Waals surface area contributed by atoms with Crippen LogP contribution >= 0.6 is 0 Å². The lowest BCUT2D eigenvalue weighted by Crippen LogP contribution is -2.44. The Labute approximate surface area is 118 Å². The van der Waals surface area contributed by atoms with E-state index < -0.39 is 36.3 Å². The third-order valence-corrected chi connectivity index (χ3v) is 2.69. The summed E-state index contributed by atoms with van der Waals surface area (Å²) < 4.78 is 41.8. The Bertz CT molecular complexity index is 499. The quantitative estimate of drug-likeness (QED) is 0.793. The van der Waals surface area contributed by atoms with E-state index in [4.69, 9.17) is 5.11 Å². The normalized spacial score (nSPS) is 12.6. The lowest BCUT2D eigenvalue weighted by molar-refractivity contribution is -0.145. The van der Waals surface area contributed by atoms with Crippen LogP contribution in [0.5, 0.6) is 0 Å². The number of benzene rings is 1. The standard InChI is InChI=1S/C13H14F3NO4/c1-21-12(20)10(17-11(19)7-18)6-8-2-4-9(5-3-8)13(14,15)16/h2-5,10,18H,6-7H2,1H3,(H,17,19)/t10-/m0/s1. The van der Waals surface area contributed by atoms with E-state index in [0.29, 0.717) is 5.56 Å². The fourth-order valence-corrected chi connectivity index (χ4v) is 1.64. The molecule has 2 N–H and O–H groups in total. The first-order chi connectivity index (χ1) is 9.77. The average Bonchev–Trinajstić information content (AvgIpc) is 2.45. The molecule has 0 saturated heterocycles. The average molecular weight is 305 g/mol. The molecule has 1 aromatic carbocycles. The Kier molecular flexibility index (Phi) is 5.71. The molecule has 0 aliphatic heterocycles. The molecule has 5 nitrogen and oxygen atoms in total. The van der Waals surface area contributed by atoms with Crippen molar-refractivity contribution in [2.75, 3.05) is 13.7 Å². The van der Waals surface area contributed by atoms with E-state index in [0.717, 1.165) is 19.2 Å². The molecule has 0 fully saturated rings. The summed E-state index contributed by atoms with van der Waals surface area (Å²) in [5, 5.41) is 10.9. The lowest BCUT2D eigenvalue weighted by Gasteiger charge is -2.16. The van der Waals surface area contributed by atoms with Crippen LogP contribution in [0.1, 0.15) is 11.1 Å². The van der Waals surface area contributed by atoms with Gasteiger partial charge in [0.2, 0.25) is 5.91 Å². The number of amides is 1. The van der Waals surface area contributed by atoms with Gasteiger partial charge in [-0.1, -0.05) is 12.1 Å². The number of carbonyl (C=O) groups is 2. The summed E-state index contributed by atoms with van der Waals surface area (Å²) in [6, 6.07) is 3.12. The first-order valence-electron chi connectivity index (χ1n) is 5.92. The van der Waals surface area contributed by atoms with Gasteiger partial charge < -0.3 is 15.2 Å². The van der Waals surface area contributed by atoms with Gasteiger partial charge in [0.25, 0.3) is 0 Å². The number of esters is 1. The van der Waals surface area contributed by atoms with Crippen molar-refractivity contribution in [3.05, 3.63) is 35.4 Å². The van der Waals surface area contributed by atoms with Gasteiger partial charge in [0.15, 0.2) is 0 Å². The second-order valence-corrected chi connectivity index (χ2v) is 4.20. The van der Waals surface area contributed by atoms with Crippen molar-refractivity contribution < 1.29 is 32.6 Å². The van der Waals surface area contributed by atoms with Gasteiger partial charge in [-0.3, -0.25) is 4.79 Å². The van der Waals surface area contributed by atoms with Crippen molar-refractivity contribution in [1.82, 2.24) is 5.32 Å². The Balaban J connectivity index is 2.83. The zero-order valence-electron chi connectivity index (χ0n) is 11.1. The number of halogens is 3. The smallest absolute Gasteiger partial charge is 0.416 e. The Morgan fingerprint density at radius 2 is 1.86 bits per heavy atom. The van der Waals surface area contributed by atoms with Gasteiger partial charge in [0, 0.05) is 6.42 Å². The Morgan fingerprint density at radius 1 is 1.29 bits per heavy atom. The van der Waals surface area contributed by atoms with Gasteiger partial charge in [-0.25, -0.2) is 4.79 Å². The maximum atomic E-state index is 12.4. The summed E-state index contributed by atoms with van der Waals surface area (Å²) in [6.07, 6.45) is -4.48. The highest BCUT2D eigenvalue weighted by Crippen LogP contribution is 2.29. The van der Waals surface area contributed by atoms with Gasteiger partial charge in [0.1, 0.15) is 12.6 Å². The minimum Gasteiger partial charge on any atom is -0.467 e. The highest BCUT2D eigenvalue weighted by atomic mass is 19.4. The van der Waals surface area contributed by atoms with Crippen LogP contribution in [-0.2, 0) is 26.9 Å². The number of hydrogen-bond acceptors (Lipinski definition) is 4. The summed E-state index contributed by atoms with van der Waals surface area (Å²) in [4.78, 5) is 22.6. The minimum absolute atomic E-state index is 0.0451. The molecule has 0 aliphatic rings. The van der Waals surface area contributed by atoms with Crippen molar-refractivity contribution >= 4 is 11.9 Å². The second kappa shape index (κ2) is 7.07. The first kappa shape index (κ1) is 17.0. The number of aliphatic hydroxyl groups is 1. The largest absolute Gasteiger partial charge is 0.467 e. The summed E-state index contributed by atoms with van der Waals surface area (Å²) in [5.41, 5.74) is -0.392. The minimum atomic E-state index is -4.44. The molecule has 0 spiro atoms. The van der Waals surface area contributed by atoms with Gasteiger partial charge in [-0.15, -0.1) is 0 Å². The number of alkyl halides is 3. The van der Waals surface area contributed by atoms with Crippen molar-refractivity contribution in [1.29, 1.82) is 0 Å². The lowest BCUT2D eigenvalue weighted by atomic mass is 10.0. The molecule has 0 radical (unpaired) electrons. The van der Waals surface area contributed by atoms with Gasteiger partial charge in [-0.05, 0) is 17.7 Å². The van der Waals surface area contributed by atoms with E-state index in [2.05, 4.69) is 10.1 Å². The maximum Gasteiger partial charge on any atom is 0.416 e. The van der Waals surface area contributed by atoms with Crippen molar-refractivity contribution in [3.8, 4) is 0 Å². The van der Waals surface area contributed by atoms with Crippen LogP contribution < -0.4 is 5.32 Å². The molecular formula is C13H14F3NO4. The molecule has 0 heterocycles. The summed E-state index contributed by atoms with van der Waals surface area (Å²) in [7, 11) is 1.12. The Hall–Kier alpha value is -2.09. The van der Waals surface area contributed by atoms with Crippen LogP contribution in [0.25, 0.3) is 0 Å². The summed E-state index contributed by atoms with van der Waals surface area (Å²) in [5.74, 6) is -1.53. The van der Waals surface area contributed by atoms with E-state index in [1.165, 1.54) is 12.1 Å². The molecule has 1 aromatic rings. The molecule has 0 bridgehead atoms. The number of hydrogen-bond donors (Lipinski definition) is 2. The fourth-order valence-electron chi connectivity index (χ4n) is 1.64. The topological polar surface area (TPSA) is 75.6 Å². The highest BCUT2D eigenvalue weighted by Gasteiger charge is 2.30. The fraction of sp³-hybridized carbons (Fsp3) is 0.385. The first-order valence-corrected chi connectivity index (χ1v) is 5.92. The second-order valence-electron chi connectivity index (χ2n) is 4.20. The molecule has 0 aliphatic carbocycles. The van der Waals surface area contributed by atoms with E-state index in [9.17, 15) is 22.8 Å². The summed E-state index contributed by atoms with van der Waals surface area (Å²) in [6.45, 7) is -0.805. The van der Waals surface area contributed by atoms with E-state index >= 15 is 0 Å². The van der Waals surface area contributed by atoms with Crippen LogP contribution in [0.4, 0.5) is 13.2 Å². The predicted molar refractivity (Wildman–Crippen MR) is 66.2 cm³/mol. The van der Waals surface area contributed by atoms with E-state index in [1.807, 2.05) is 0 Å². The van der Waals surface area contributed by atoms with Crippen molar-refractivity contribution in [2.24, 2.45) is 0 Å². The molecule has 0 saturated carbocycles. The van der Waals surface area contributed by atoms with Crippen LogP contribution in [0.15, 0.2) is 24.3 Å². The number of methoxy groups -OCH3 is 1. The molecule has 1 atom stereocenters. The van der Waals surface area contributed by atoms with Crippen molar-refractivity contribution in [2.45, 2.75) is 18.6 Å². The third kappa shape index (κ3) is 5.07. The van der Waals surface area contributed by atoms with Gasteiger partial charge >= 0.3 is 12.1 Å². The highest BCUT2D eigenvalue weighted by molar-refractivity contribution is 5.85. The number of carbonyl (C=O) groups excluding carboxylic acids is 2.